The van der Waals surface area contributed by atoms with Crippen LogP contribution >= 0.6 is 9.24 Å². The molecule has 1 aliphatic heterocycles. The lowest BCUT2D eigenvalue weighted by Gasteiger charge is -2.41. The van der Waals surface area contributed by atoms with Crippen LogP contribution in [-0.2, 0) is 9.53 Å². The molecule has 0 radical (unpaired) electrons. The number of carbonyl (C=O) groups is 3. The van der Waals surface area contributed by atoms with E-state index < -0.39 is 28.3 Å². The SMILES string of the molecule is COc1cc(-c2ccc3cc(C(=O)NC4(C(=O)NC5(C#N)CC5)CCC(F)(P)CC4)oc3c2)ccc1C(=O)N1CCOCC1. The molecule has 0 spiro atoms. The molecule has 230 valence electrons. The normalized spacial score (nSPS) is 24.3. The summed E-state index contributed by atoms with van der Waals surface area (Å²) in [6.45, 7) is 2.05. The van der Waals surface area contributed by atoms with Gasteiger partial charge in [0, 0.05) is 18.5 Å². The van der Waals surface area contributed by atoms with Crippen molar-refractivity contribution < 1.29 is 32.7 Å². The third-order valence-corrected chi connectivity index (χ3v) is 9.42. The molecule has 3 aliphatic rings. The Hall–Kier alpha value is -4.00. The molecule has 2 aromatic carbocycles. The van der Waals surface area contributed by atoms with Gasteiger partial charge < -0.3 is 29.4 Å². The Morgan fingerprint density at radius 2 is 1.66 bits per heavy atom. The predicted molar refractivity (Wildman–Crippen MR) is 163 cm³/mol. The monoisotopic (exact) mass is 620 g/mol. The summed E-state index contributed by atoms with van der Waals surface area (Å²) in [6, 6.07) is 14.6. The van der Waals surface area contributed by atoms with Crippen molar-refractivity contribution in [2.45, 2.75) is 55.0 Å². The number of rotatable bonds is 7. The van der Waals surface area contributed by atoms with E-state index in [2.05, 4.69) is 25.9 Å². The number of alkyl halides is 1. The van der Waals surface area contributed by atoms with Crippen molar-refractivity contribution in [1.82, 2.24) is 15.5 Å². The zero-order chi connectivity index (χ0) is 31.1. The predicted octanol–water partition coefficient (Wildman–Crippen LogP) is 4.34. The van der Waals surface area contributed by atoms with E-state index in [4.69, 9.17) is 13.9 Å². The van der Waals surface area contributed by atoms with Crippen LogP contribution in [-0.4, -0.2) is 72.5 Å². The Balaban J connectivity index is 1.23. The van der Waals surface area contributed by atoms with E-state index in [1.807, 2.05) is 18.2 Å². The molecule has 1 saturated heterocycles. The number of morpholine rings is 1. The van der Waals surface area contributed by atoms with Crippen LogP contribution in [0.3, 0.4) is 0 Å². The molecule has 1 aromatic heterocycles. The summed E-state index contributed by atoms with van der Waals surface area (Å²) in [7, 11) is 3.71. The third-order valence-electron chi connectivity index (χ3n) is 8.85. The summed E-state index contributed by atoms with van der Waals surface area (Å²) in [6.07, 6.45) is 1.38. The van der Waals surface area contributed by atoms with E-state index in [0.29, 0.717) is 61.4 Å². The Bertz CT molecular complexity index is 1660. The second-order valence-electron chi connectivity index (χ2n) is 11.9. The third kappa shape index (κ3) is 5.89. The Labute approximate surface area is 256 Å². The molecule has 3 amide bonds. The fourth-order valence-electron chi connectivity index (χ4n) is 5.81. The van der Waals surface area contributed by atoms with Gasteiger partial charge in [0.05, 0.1) is 32.0 Å². The average Bonchev–Trinajstić information content (AvgIpc) is 3.68. The summed E-state index contributed by atoms with van der Waals surface area (Å²) < 4.78 is 31.6. The molecule has 2 aliphatic carbocycles. The number of ether oxygens (including phenoxy) is 2. The number of methoxy groups -OCH3 is 1. The van der Waals surface area contributed by atoms with Gasteiger partial charge in [-0.05, 0) is 73.9 Å². The molecule has 2 N–H and O–H groups in total. The van der Waals surface area contributed by atoms with Crippen LogP contribution in [0, 0.1) is 11.3 Å². The maximum atomic E-state index is 14.7. The van der Waals surface area contributed by atoms with Gasteiger partial charge >= 0.3 is 0 Å². The second-order valence-corrected chi connectivity index (χ2v) is 12.9. The fraction of sp³-hybridized carbons (Fsp3) is 0.438. The number of nitriles is 1. The van der Waals surface area contributed by atoms with Crippen molar-refractivity contribution in [3.63, 3.8) is 0 Å². The van der Waals surface area contributed by atoms with E-state index in [9.17, 15) is 24.0 Å². The minimum Gasteiger partial charge on any atom is -0.496 e. The highest BCUT2D eigenvalue weighted by Crippen LogP contribution is 2.43. The van der Waals surface area contributed by atoms with Crippen LogP contribution in [0.25, 0.3) is 22.1 Å². The molecule has 1 atom stereocenters. The van der Waals surface area contributed by atoms with Crippen molar-refractivity contribution in [3.8, 4) is 22.9 Å². The summed E-state index contributed by atoms with van der Waals surface area (Å²) in [5, 5.41) is 14.3. The van der Waals surface area contributed by atoms with Crippen molar-refractivity contribution >= 4 is 37.9 Å². The second kappa shape index (κ2) is 11.5. The smallest absolute Gasteiger partial charge is 0.287 e. The van der Waals surface area contributed by atoms with Crippen LogP contribution in [0.15, 0.2) is 46.9 Å². The van der Waals surface area contributed by atoms with Gasteiger partial charge in [0.1, 0.15) is 27.8 Å². The summed E-state index contributed by atoms with van der Waals surface area (Å²) in [5.41, 5.74) is 0.212. The zero-order valence-electron chi connectivity index (χ0n) is 24.4. The van der Waals surface area contributed by atoms with Crippen LogP contribution in [0.2, 0.25) is 0 Å². The molecule has 44 heavy (non-hydrogen) atoms. The molecule has 2 saturated carbocycles. The summed E-state index contributed by atoms with van der Waals surface area (Å²) in [4.78, 5) is 41.7. The summed E-state index contributed by atoms with van der Waals surface area (Å²) in [5.74, 6) is -0.733. The molecular weight excluding hydrogens is 586 g/mol. The van der Waals surface area contributed by atoms with Crippen molar-refractivity contribution in [2.24, 2.45) is 0 Å². The van der Waals surface area contributed by atoms with E-state index in [0.717, 1.165) is 11.1 Å². The van der Waals surface area contributed by atoms with Gasteiger partial charge in [0.15, 0.2) is 5.76 Å². The largest absolute Gasteiger partial charge is 0.496 e. The standard InChI is InChI=1S/C32H34FN4O6P/c1-41-25-17-21(4-5-23(25)28(39)37-12-14-42-15-13-37)20-2-3-22-18-26(43-24(22)16-20)27(38)35-31(8-10-32(33,44)11-9-31)29(40)36-30(19-34)6-7-30/h2-5,16-18H,6-15,44H2,1H3,(H,35,38)(H,36,40). The zero-order valence-corrected chi connectivity index (χ0v) is 25.6. The number of fused-ring (bicyclic) bond motifs is 1. The first-order chi connectivity index (χ1) is 21.1. The van der Waals surface area contributed by atoms with E-state index in [1.54, 1.807) is 29.2 Å². The number of halogens is 1. The average molecular weight is 621 g/mol. The van der Waals surface area contributed by atoms with Crippen molar-refractivity contribution in [2.75, 3.05) is 33.4 Å². The van der Waals surface area contributed by atoms with E-state index in [1.165, 1.54) is 7.11 Å². The molecular formula is C32H34FN4O6P. The van der Waals surface area contributed by atoms with Gasteiger partial charge in [-0.15, -0.1) is 0 Å². The van der Waals surface area contributed by atoms with Crippen LogP contribution in [0.5, 0.6) is 5.75 Å². The van der Waals surface area contributed by atoms with Crippen molar-refractivity contribution in [3.05, 3.63) is 53.8 Å². The van der Waals surface area contributed by atoms with Gasteiger partial charge in [0.2, 0.25) is 5.91 Å². The number of nitrogens with zero attached hydrogens (tertiary/aromatic N) is 2. The minimum absolute atomic E-state index is 0.0118. The first-order valence-electron chi connectivity index (χ1n) is 14.7. The fourth-order valence-corrected chi connectivity index (χ4v) is 6.10. The number of furan rings is 1. The molecule has 6 rings (SSSR count). The van der Waals surface area contributed by atoms with Gasteiger partial charge in [-0.25, -0.2) is 4.39 Å². The lowest BCUT2D eigenvalue weighted by atomic mass is 9.79. The van der Waals surface area contributed by atoms with Gasteiger partial charge in [-0.2, -0.15) is 5.26 Å². The molecule has 12 heteroatoms. The highest BCUT2D eigenvalue weighted by atomic mass is 31.0. The molecule has 1 unspecified atom stereocenters. The maximum Gasteiger partial charge on any atom is 0.287 e. The lowest BCUT2D eigenvalue weighted by molar-refractivity contribution is -0.130. The first kappa shape index (κ1) is 30.0. The Kier molecular flexibility index (Phi) is 7.85. The van der Waals surface area contributed by atoms with E-state index in [-0.39, 0.29) is 37.4 Å². The van der Waals surface area contributed by atoms with Gasteiger partial charge in [-0.1, -0.05) is 27.4 Å². The number of amides is 3. The van der Waals surface area contributed by atoms with Crippen LogP contribution in [0.1, 0.15) is 59.4 Å². The number of nitrogens with one attached hydrogen (secondary N) is 2. The van der Waals surface area contributed by atoms with E-state index >= 15 is 0 Å². The van der Waals surface area contributed by atoms with Crippen molar-refractivity contribution in [1.29, 1.82) is 5.26 Å². The quantitative estimate of drug-likeness (QED) is 0.376. The summed E-state index contributed by atoms with van der Waals surface area (Å²) >= 11 is 0. The topological polar surface area (TPSA) is 134 Å². The number of hydrogen-bond acceptors (Lipinski definition) is 7. The molecule has 0 bridgehead atoms. The highest BCUT2D eigenvalue weighted by Gasteiger charge is 2.52. The highest BCUT2D eigenvalue weighted by molar-refractivity contribution is 7.18. The Morgan fingerprint density at radius 3 is 2.32 bits per heavy atom. The van der Waals surface area contributed by atoms with Crippen LogP contribution in [0.4, 0.5) is 4.39 Å². The van der Waals surface area contributed by atoms with Crippen LogP contribution < -0.4 is 15.4 Å². The molecule has 10 nitrogen and oxygen atoms in total. The minimum atomic E-state index is -1.52. The Morgan fingerprint density at radius 1 is 0.977 bits per heavy atom. The maximum absolute atomic E-state index is 14.7. The first-order valence-corrected chi connectivity index (χ1v) is 15.3. The number of carbonyl (C=O) groups excluding carboxylic acids is 3. The molecule has 3 aromatic rings. The number of benzene rings is 2. The number of hydrogen-bond donors (Lipinski definition) is 2. The molecule has 2 heterocycles. The molecule has 3 fully saturated rings. The van der Waals surface area contributed by atoms with Gasteiger partial charge in [-0.3, -0.25) is 14.4 Å². The van der Waals surface area contributed by atoms with Gasteiger partial charge in [0.25, 0.3) is 11.8 Å². The lowest BCUT2D eigenvalue weighted by Crippen LogP contribution is -2.62.